The molecular formula is C20H22Cl2N6O3. The Balaban J connectivity index is 1.51. The van der Waals surface area contributed by atoms with Crippen molar-refractivity contribution in [2.75, 3.05) is 44.2 Å². The molecule has 0 spiro atoms. The Morgan fingerprint density at radius 1 is 1.19 bits per heavy atom. The molecule has 1 heterocycles. The summed E-state index contributed by atoms with van der Waals surface area (Å²) in [6.45, 7) is 4.60. The Kier molecular flexibility index (Phi) is 8.05. The molecule has 0 aliphatic carbocycles. The van der Waals surface area contributed by atoms with E-state index in [0.29, 0.717) is 28.7 Å². The number of nitrogens with one attached hydrogen (secondary N) is 1. The molecule has 0 aromatic heterocycles. The van der Waals surface area contributed by atoms with E-state index in [1.54, 1.807) is 24.3 Å². The Hall–Kier alpha value is -2.88. The highest BCUT2D eigenvalue weighted by Crippen LogP contribution is 2.32. The van der Waals surface area contributed by atoms with E-state index in [1.165, 1.54) is 0 Å². The fraction of sp³-hybridized carbons (Fsp3) is 0.300. The van der Waals surface area contributed by atoms with Crippen molar-refractivity contribution in [2.24, 2.45) is 16.1 Å². The Bertz CT molecular complexity index is 964. The maximum Gasteiger partial charge on any atom is 0.357 e. The second-order valence-corrected chi connectivity index (χ2v) is 7.48. The summed E-state index contributed by atoms with van der Waals surface area (Å²) in [5.74, 6) is 5.78. The lowest BCUT2D eigenvalue weighted by molar-refractivity contribution is 0.112. The Labute approximate surface area is 189 Å². The molecule has 0 unspecified atom stereocenters. The molecule has 1 saturated heterocycles. The molecule has 0 bridgehead atoms. The van der Waals surface area contributed by atoms with Gasteiger partial charge < -0.3 is 20.2 Å². The molecule has 0 amide bonds. The molecule has 1 aliphatic heterocycles. The van der Waals surface area contributed by atoms with Crippen LogP contribution in [0, 0.1) is 5.53 Å². The Morgan fingerprint density at radius 2 is 1.97 bits per heavy atom. The van der Waals surface area contributed by atoms with Gasteiger partial charge in [-0.3, -0.25) is 9.69 Å². The van der Waals surface area contributed by atoms with E-state index in [2.05, 4.69) is 20.0 Å². The van der Waals surface area contributed by atoms with E-state index < -0.39 is 0 Å². The summed E-state index contributed by atoms with van der Waals surface area (Å²) in [4.78, 5) is 15.7. The molecule has 31 heavy (non-hydrogen) atoms. The average molecular weight is 465 g/mol. The van der Waals surface area contributed by atoms with E-state index in [1.807, 2.05) is 12.1 Å². The number of piperazine rings is 1. The van der Waals surface area contributed by atoms with E-state index in [-0.39, 0.29) is 17.3 Å². The van der Waals surface area contributed by atoms with E-state index in [0.717, 1.165) is 38.4 Å². The molecule has 9 nitrogen and oxygen atoms in total. The normalized spacial score (nSPS) is 14.9. The number of amidine groups is 1. The van der Waals surface area contributed by atoms with Crippen LogP contribution in [0.4, 0.5) is 5.69 Å². The fourth-order valence-electron chi connectivity index (χ4n) is 3.21. The number of benzene rings is 2. The van der Waals surface area contributed by atoms with Crippen molar-refractivity contribution in [2.45, 2.75) is 0 Å². The molecule has 3 N–H and O–H groups in total. The van der Waals surface area contributed by atoms with Gasteiger partial charge in [-0.1, -0.05) is 34.4 Å². The monoisotopic (exact) mass is 464 g/mol. The van der Waals surface area contributed by atoms with E-state index in [4.69, 9.17) is 44.0 Å². The highest BCUT2D eigenvalue weighted by molar-refractivity contribution is 6.43. The maximum atomic E-state index is 11.2. The number of anilines is 1. The summed E-state index contributed by atoms with van der Waals surface area (Å²) < 4.78 is 11.1. The standard InChI is InChI=1S/C20H22Cl2N6O3/c21-16-2-1-3-17(19(16)22)28-8-6-27(7-9-28)10-11-30-15-5-4-14(13-29)18(12-15)31-20(25-23)26-24/h1-5,12-13,23H,6-11,24H2. The number of carbonyl (C=O) groups excluding carboxylic acids is 1. The first-order chi connectivity index (χ1) is 15.0. The van der Waals surface area contributed by atoms with Crippen molar-refractivity contribution >= 4 is 41.2 Å². The third-order valence-electron chi connectivity index (χ3n) is 4.84. The van der Waals surface area contributed by atoms with Gasteiger partial charge in [0.15, 0.2) is 6.29 Å². The smallest absolute Gasteiger partial charge is 0.357 e. The highest BCUT2D eigenvalue weighted by Gasteiger charge is 2.19. The number of carbonyl (C=O) groups is 1. The van der Waals surface area contributed by atoms with Gasteiger partial charge in [0.25, 0.3) is 0 Å². The molecule has 164 valence electrons. The first-order valence-electron chi connectivity index (χ1n) is 9.52. The van der Waals surface area contributed by atoms with Gasteiger partial charge in [0.2, 0.25) is 0 Å². The predicted octanol–water partition coefficient (Wildman–Crippen LogP) is 3.65. The van der Waals surface area contributed by atoms with E-state index >= 15 is 0 Å². The number of ether oxygens (including phenoxy) is 2. The zero-order valence-electron chi connectivity index (χ0n) is 16.6. The van der Waals surface area contributed by atoms with Gasteiger partial charge in [0.1, 0.15) is 18.1 Å². The highest BCUT2D eigenvalue weighted by atomic mass is 35.5. The van der Waals surface area contributed by atoms with Crippen molar-refractivity contribution < 1.29 is 14.3 Å². The van der Waals surface area contributed by atoms with Crippen LogP contribution in [0.1, 0.15) is 10.4 Å². The van der Waals surface area contributed by atoms with Crippen LogP contribution >= 0.6 is 23.2 Å². The number of hydrogen-bond donors (Lipinski definition) is 2. The minimum absolute atomic E-state index is 0.166. The lowest BCUT2D eigenvalue weighted by atomic mass is 10.2. The van der Waals surface area contributed by atoms with Gasteiger partial charge >= 0.3 is 6.02 Å². The third-order valence-corrected chi connectivity index (χ3v) is 5.65. The van der Waals surface area contributed by atoms with Gasteiger partial charge in [0, 0.05) is 38.8 Å². The van der Waals surface area contributed by atoms with Crippen LogP contribution < -0.4 is 20.2 Å². The quantitative estimate of drug-likeness (QED) is 0.161. The summed E-state index contributed by atoms with van der Waals surface area (Å²) in [5, 5.41) is 7.40. The third kappa shape index (κ3) is 5.84. The zero-order valence-corrected chi connectivity index (χ0v) is 18.1. The topological polar surface area (TPSA) is 117 Å². The van der Waals surface area contributed by atoms with E-state index in [9.17, 15) is 4.79 Å². The summed E-state index contributed by atoms with van der Waals surface area (Å²) >= 11 is 12.5. The number of nitrogens with two attached hydrogens (primary N) is 1. The molecule has 11 heteroatoms. The van der Waals surface area contributed by atoms with Gasteiger partial charge in [-0.15, -0.1) is 5.10 Å². The van der Waals surface area contributed by atoms with Gasteiger partial charge in [-0.2, -0.15) is 5.53 Å². The summed E-state index contributed by atoms with van der Waals surface area (Å²) in [5.41, 5.74) is 8.18. The fourth-order valence-corrected chi connectivity index (χ4v) is 3.62. The second-order valence-electron chi connectivity index (χ2n) is 6.69. The lowest BCUT2D eigenvalue weighted by Gasteiger charge is -2.36. The largest absolute Gasteiger partial charge is 0.492 e. The molecule has 0 radical (unpaired) electrons. The molecule has 0 saturated carbocycles. The van der Waals surface area contributed by atoms with Crippen LogP contribution in [0.2, 0.25) is 10.0 Å². The Morgan fingerprint density at radius 3 is 2.65 bits per heavy atom. The SMILES string of the molecule is N=NC(=NN)Oc1cc(OCCN2CCN(c3cccc(Cl)c3Cl)CC2)ccc1C=O. The number of rotatable bonds is 7. The molecule has 2 aromatic rings. The van der Waals surface area contributed by atoms with Crippen molar-refractivity contribution in [3.05, 3.63) is 52.0 Å². The van der Waals surface area contributed by atoms with Crippen LogP contribution in [0.5, 0.6) is 11.5 Å². The average Bonchev–Trinajstić information content (AvgIpc) is 2.80. The number of hydrazone groups is 1. The van der Waals surface area contributed by atoms with Gasteiger partial charge in [-0.25, -0.2) is 0 Å². The van der Waals surface area contributed by atoms with Crippen LogP contribution in [0.15, 0.2) is 46.6 Å². The molecule has 2 aromatic carbocycles. The first kappa shape index (κ1) is 22.8. The number of hydrogen-bond acceptors (Lipinski definition) is 8. The minimum atomic E-state index is -0.363. The minimum Gasteiger partial charge on any atom is -0.492 e. The first-order valence-corrected chi connectivity index (χ1v) is 10.3. The summed E-state index contributed by atoms with van der Waals surface area (Å²) in [7, 11) is 0. The molecule has 0 atom stereocenters. The lowest BCUT2D eigenvalue weighted by Crippen LogP contribution is -2.47. The molecule has 1 aliphatic rings. The van der Waals surface area contributed by atoms with Crippen molar-refractivity contribution in [1.82, 2.24) is 4.90 Å². The van der Waals surface area contributed by atoms with Crippen LogP contribution in [-0.4, -0.2) is 56.5 Å². The number of halogens is 2. The number of aldehydes is 1. The summed E-state index contributed by atoms with van der Waals surface area (Å²) in [6, 6.07) is 10.1. The van der Waals surface area contributed by atoms with Crippen molar-refractivity contribution in [3.63, 3.8) is 0 Å². The van der Waals surface area contributed by atoms with Crippen LogP contribution in [-0.2, 0) is 0 Å². The molecular weight excluding hydrogens is 443 g/mol. The van der Waals surface area contributed by atoms with Crippen molar-refractivity contribution in [1.29, 1.82) is 5.53 Å². The van der Waals surface area contributed by atoms with Crippen molar-refractivity contribution in [3.8, 4) is 11.5 Å². The zero-order chi connectivity index (χ0) is 22.2. The second kappa shape index (κ2) is 10.9. The maximum absolute atomic E-state index is 11.2. The van der Waals surface area contributed by atoms with Gasteiger partial charge in [0.05, 0.1) is 21.3 Å². The summed E-state index contributed by atoms with van der Waals surface area (Å²) in [6.07, 6.45) is 0.628. The number of nitrogens with zero attached hydrogens (tertiary/aromatic N) is 4. The van der Waals surface area contributed by atoms with Crippen LogP contribution in [0.25, 0.3) is 0 Å². The predicted molar refractivity (Wildman–Crippen MR) is 120 cm³/mol. The van der Waals surface area contributed by atoms with Gasteiger partial charge in [-0.05, 0) is 24.3 Å². The van der Waals surface area contributed by atoms with Crippen LogP contribution in [0.3, 0.4) is 0 Å². The molecule has 3 rings (SSSR count). The molecule has 1 fully saturated rings.